The van der Waals surface area contributed by atoms with Crippen LogP contribution in [0.15, 0.2) is 18.2 Å². The minimum Gasteiger partial charge on any atom is -0.508 e. The summed E-state index contributed by atoms with van der Waals surface area (Å²) in [5, 5.41) is 10.1. The molecule has 3 heteroatoms. The third-order valence-electron chi connectivity index (χ3n) is 7.14. The smallest absolute Gasteiger partial charge is 0.133 e. The van der Waals surface area contributed by atoms with Crippen LogP contribution in [0.3, 0.4) is 0 Å². The van der Waals surface area contributed by atoms with Gasteiger partial charge >= 0.3 is 0 Å². The molecule has 0 radical (unpaired) electrons. The van der Waals surface area contributed by atoms with Crippen LogP contribution in [0.1, 0.15) is 69.4 Å². The van der Waals surface area contributed by atoms with Gasteiger partial charge in [-0.25, -0.2) is 0 Å². The van der Waals surface area contributed by atoms with E-state index in [2.05, 4.69) is 17.9 Å². The second kappa shape index (κ2) is 6.75. The zero-order valence-electron chi connectivity index (χ0n) is 15.5. The summed E-state index contributed by atoms with van der Waals surface area (Å²) >= 11 is 0. The number of piperidine rings is 1. The number of fused-ring (bicyclic) bond motifs is 1. The molecular weight excluding hydrogens is 310 g/mol. The van der Waals surface area contributed by atoms with Gasteiger partial charge in [-0.2, -0.15) is 0 Å². The highest BCUT2D eigenvalue weighted by atomic mass is 16.3. The number of aromatic hydroxyl groups is 1. The molecule has 1 aromatic rings. The average molecular weight is 341 g/mol. The van der Waals surface area contributed by atoms with Gasteiger partial charge in [0.15, 0.2) is 0 Å². The standard InChI is InChI=1S/C22H31NO2/c1-2-3-4-5-11-23-12-10-22-9-8-18(25)15-20(22)21(23)13-16-6-7-17(24)14-19(16)22/h6-7,14,20-21,24H,2-5,8-13,15H2,1H3/t20-,21+,22-/m0/s1. The maximum absolute atomic E-state index is 12.3. The molecule has 25 heavy (non-hydrogen) atoms. The first-order chi connectivity index (χ1) is 12.1. The maximum atomic E-state index is 12.3. The number of nitrogens with zero attached hydrogens (tertiary/aromatic N) is 1. The van der Waals surface area contributed by atoms with Crippen molar-refractivity contribution in [2.75, 3.05) is 13.1 Å². The molecule has 2 aliphatic carbocycles. The molecule has 3 atom stereocenters. The topological polar surface area (TPSA) is 40.5 Å². The van der Waals surface area contributed by atoms with E-state index in [-0.39, 0.29) is 5.41 Å². The normalized spacial score (nSPS) is 31.5. The third kappa shape index (κ3) is 2.91. The molecule has 1 aromatic carbocycles. The Morgan fingerprint density at radius 1 is 1.20 bits per heavy atom. The zero-order chi connectivity index (χ0) is 17.4. The molecule has 1 aliphatic heterocycles. The van der Waals surface area contributed by atoms with Gasteiger partial charge < -0.3 is 5.11 Å². The number of unbranched alkanes of at least 4 members (excludes halogenated alkanes) is 3. The predicted molar refractivity (Wildman–Crippen MR) is 100.0 cm³/mol. The molecule has 136 valence electrons. The van der Waals surface area contributed by atoms with Gasteiger partial charge in [-0.1, -0.05) is 32.3 Å². The highest BCUT2D eigenvalue weighted by molar-refractivity contribution is 5.80. The van der Waals surface area contributed by atoms with Crippen LogP contribution in [0, 0.1) is 5.92 Å². The van der Waals surface area contributed by atoms with Gasteiger partial charge in [-0.05, 0) is 68.0 Å². The summed E-state index contributed by atoms with van der Waals surface area (Å²) in [5.74, 6) is 1.27. The van der Waals surface area contributed by atoms with E-state index in [0.717, 1.165) is 38.6 Å². The van der Waals surface area contributed by atoms with Crippen LogP contribution in [0.25, 0.3) is 0 Å². The van der Waals surface area contributed by atoms with Crippen LogP contribution in [0.2, 0.25) is 0 Å². The molecule has 1 saturated carbocycles. The van der Waals surface area contributed by atoms with Crippen molar-refractivity contribution >= 4 is 5.78 Å². The number of rotatable bonds is 5. The summed E-state index contributed by atoms with van der Waals surface area (Å²) in [6.45, 7) is 4.59. The Balaban J connectivity index is 1.64. The van der Waals surface area contributed by atoms with E-state index in [4.69, 9.17) is 0 Å². The number of carbonyl (C=O) groups excluding carboxylic acids is 1. The number of hydrogen-bond donors (Lipinski definition) is 1. The molecule has 4 rings (SSSR count). The van der Waals surface area contributed by atoms with Crippen LogP contribution < -0.4 is 0 Å². The lowest BCUT2D eigenvalue weighted by Crippen LogP contribution is -2.61. The summed E-state index contributed by atoms with van der Waals surface area (Å²) in [6.07, 6.45) is 9.83. The number of Topliss-reactive ketones (excluding diaryl/α,β-unsaturated/α-hetero) is 1. The second-order valence-electron chi connectivity index (χ2n) is 8.46. The highest BCUT2D eigenvalue weighted by Gasteiger charge is 2.55. The number of hydrogen-bond acceptors (Lipinski definition) is 3. The Kier molecular flexibility index (Phi) is 4.61. The molecule has 1 saturated heterocycles. The second-order valence-corrected chi connectivity index (χ2v) is 8.46. The van der Waals surface area contributed by atoms with E-state index in [0.29, 0.717) is 23.5 Å². The number of ketones is 1. The lowest BCUT2D eigenvalue weighted by Gasteiger charge is -2.58. The quantitative estimate of drug-likeness (QED) is 0.816. The summed E-state index contributed by atoms with van der Waals surface area (Å²) in [4.78, 5) is 15.0. The minimum atomic E-state index is 0.130. The zero-order valence-corrected chi connectivity index (χ0v) is 15.5. The van der Waals surface area contributed by atoms with E-state index >= 15 is 0 Å². The first-order valence-electron chi connectivity index (χ1n) is 10.2. The highest BCUT2D eigenvalue weighted by Crippen LogP contribution is 2.55. The Bertz CT molecular complexity index is 655. The Labute approximate surface area is 151 Å². The molecule has 0 spiro atoms. The van der Waals surface area contributed by atoms with Gasteiger partial charge in [0.05, 0.1) is 0 Å². The first kappa shape index (κ1) is 17.1. The number of benzene rings is 1. The summed E-state index contributed by atoms with van der Waals surface area (Å²) in [5.41, 5.74) is 2.89. The molecular formula is C22H31NO2. The van der Waals surface area contributed by atoms with Crippen LogP contribution in [0.5, 0.6) is 5.75 Å². The monoisotopic (exact) mass is 341 g/mol. The van der Waals surface area contributed by atoms with E-state index in [1.165, 1.54) is 43.4 Å². The maximum Gasteiger partial charge on any atom is 0.133 e. The van der Waals surface area contributed by atoms with Crippen molar-refractivity contribution in [3.8, 4) is 5.75 Å². The van der Waals surface area contributed by atoms with Crippen molar-refractivity contribution in [2.45, 2.75) is 76.2 Å². The molecule has 1 N–H and O–H groups in total. The fourth-order valence-electron chi connectivity index (χ4n) is 5.86. The SMILES string of the molecule is CCCCCCN1CC[C@]23CCC(=O)C[C@H]2[C@H]1Cc1ccc(O)cc13. The van der Waals surface area contributed by atoms with Crippen LogP contribution in [-0.2, 0) is 16.6 Å². The van der Waals surface area contributed by atoms with Crippen molar-refractivity contribution in [1.29, 1.82) is 0 Å². The van der Waals surface area contributed by atoms with Crippen molar-refractivity contribution in [3.63, 3.8) is 0 Å². The van der Waals surface area contributed by atoms with E-state index < -0.39 is 0 Å². The Hall–Kier alpha value is -1.35. The molecule has 3 aliphatic rings. The molecule has 0 unspecified atom stereocenters. The number of phenols is 1. The summed E-state index contributed by atoms with van der Waals surface area (Å²) in [7, 11) is 0. The largest absolute Gasteiger partial charge is 0.508 e. The molecule has 3 nitrogen and oxygen atoms in total. The fraction of sp³-hybridized carbons (Fsp3) is 0.682. The van der Waals surface area contributed by atoms with Crippen LogP contribution >= 0.6 is 0 Å². The van der Waals surface area contributed by atoms with E-state index in [9.17, 15) is 9.90 Å². The average Bonchev–Trinajstić information content (AvgIpc) is 2.61. The lowest BCUT2D eigenvalue weighted by molar-refractivity contribution is -0.127. The van der Waals surface area contributed by atoms with Crippen LogP contribution in [-0.4, -0.2) is 34.9 Å². The van der Waals surface area contributed by atoms with E-state index in [1.807, 2.05) is 12.1 Å². The van der Waals surface area contributed by atoms with Crippen molar-refractivity contribution in [3.05, 3.63) is 29.3 Å². The van der Waals surface area contributed by atoms with Gasteiger partial charge in [-0.15, -0.1) is 0 Å². The van der Waals surface area contributed by atoms with E-state index in [1.54, 1.807) is 0 Å². The predicted octanol–water partition coefficient (Wildman–Crippen LogP) is 4.21. The number of phenolic OH excluding ortho intramolecular Hbond substituents is 1. The Morgan fingerprint density at radius 2 is 2.08 bits per heavy atom. The van der Waals surface area contributed by atoms with Gasteiger partial charge in [0.1, 0.15) is 11.5 Å². The molecule has 2 fully saturated rings. The number of likely N-dealkylation sites (tertiary alicyclic amines) is 1. The van der Waals surface area contributed by atoms with Gasteiger partial charge in [0, 0.05) is 24.3 Å². The molecule has 0 aromatic heterocycles. The van der Waals surface area contributed by atoms with Gasteiger partial charge in [0.25, 0.3) is 0 Å². The molecule has 0 amide bonds. The minimum absolute atomic E-state index is 0.130. The third-order valence-corrected chi connectivity index (χ3v) is 7.14. The van der Waals surface area contributed by atoms with Gasteiger partial charge in [-0.3, -0.25) is 9.69 Å². The summed E-state index contributed by atoms with van der Waals surface area (Å²) in [6, 6.07) is 6.49. The number of carbonyl (C=O) groups is 1. The molecule has 2 bridgehead atoms. The van der Waals surface area contributed by atoms with Crippen molar-refractivity contribution in [2.24, 2.45) is 5.92 Å². The molecule has 1 heterocycles. The summed E-state index contributed by atoms with van der Waals surface area (Å²) < 4.78 is 0. The first-order valence-corrected chi connectivity index (χ1v) is 10.2. The van der Waals surface area contributed by atoms with Crippen molar-refractivity contribution in [1.82, 2.24) is 4.90 Å². The van der Waals surface area contributed by atoms with Crippen LogP contribution in [0.4, 0.5) is 0 Å². The van der Waals surface area contributed by atoms with Crippen molar-refractivity contribution < 1.29 is 9.90 Å². The Morgan fingerprint density at radius 3 is 2.92 bits per heavy atom. The van der Waals surface area contributed by atoms with Gasteiger partial charge in [0.2, 0.25) is 0 Å². The fourth-order valence-corrected chi connectivity index (χ4v) is 5.86. The lowest BCUT2D eigenvalue weighted by atomic mass is 9.52.